The quantitative estimate of drug-likeness (QED) is 0.903. The third kappa shape index (κ3) is 2.86. The summed E-state index contributed by atoms with van der Waals surface area (Å²) in [5, 5.41) is 0. The third-order valence-corrected chi connectivity index (χ3v) is 4.53. The first-order chi connectivity index (χ1) is 9.36. The van der Waals surface area contributed by atoms with E-state index in [0.29, 0.717) is 12.7 Å². The predicted molar refractivity (Wildman–Crippen MR) is 75.6 cm³/mol. The second-order valence-corrected chi connectivity index (χ2v) is 5.76. The van der Waals surface area contributed by atoms with Crippen molar-refractivity contribution in [3.63, 3.8) is 0 Å². The van der Waals surface area contributed by atoms with Crippen LogP contribution in [0.5, 0.6) is 11.5 Å². The minimum Gasteiger partial charge on any atom is -0.454 e. The highest BCUT2D eigenvalue weighted by atomic mass is 16.7. The summed E-state index contributed by atoms with van der Waals surface area (Å²) in [5.41, 5.74) is 7.01. The van der Waals surface area contributed by atoms with E-state index in [2.05, 4.69) is 18.2 Å². The zero-order valence-corrected chi connectivity index (χ0v) is 11.4. The van der Waals surface area contributed by atoms with Gasteiger partial charge >= 0.3 is 0 Å². The molecular formula is C16H23NO2. The lowest BCUT2D eigenvalue weighted by atomic mass is 9.77. The first-order valence-corrected chi connectivity index (χ1v) is 7.46. The Labute approximate surface area is 115 Å². The molecule has 2 aliphatic rings. The van der Waals surface area contributed by atoms with E-state index < -0.39 is 0 Å². The van der Waals surface area contributed by atoms with Gasteiger partial charge in [0.05, 0.1) is 0 Å². The molecule has 0 saturated heterocycles. The van der Waals surface area contributed by atoms with E-state index in [1.807, 2.05) is 0 Å². The van der Waals surface area contributed by atoms with Crippen LogP contribution in [0, 0.1) is 5.92 Å². The summed E-state index contributed by atoms with van der Waals surface area (Å²) in [6.07, 6.45) is 7.78. The molecule has 19 heavy (non-hydrogen) atoms. The fourth-order valence-electron chi connectivity index (χ4n) is 3.36. The molecule has 104 valence electrons. The number of hydrogen-bond donors (Lipinski definition) is 1. The predicted octanol–water partition coefficient (Wildman–Crippen LogP) is 3.43. The lowest BCUT2D eigenvalue weighted by molar-refractivity contribution is 0.174. The Hall–Kier alpha value is -1.22. The normalized spacial score (nSPS) is 25.5. The summed E-state index contributed by atoms with van der Waals surface area (Å²) in [7, 11) is 0. The Kier molecular flexibility index (Phi) is 3.92. The standard InChI is InChI=1S/C16H23NO2/c17-9-1-2-12-3-5-13(6-4-12)14-7-8-15-16(10-14)19-11-18-15/h7-8,10,12-13H,1-6,9,11,17H2. The smallest absolute Gasteiger partial charge is 0.231 e. The van der Waals surface area contributed by atoms with Crippen LogP contribution in [0.2, 0.25) is 0 Å². The van der Waals surface area contributed by atoms with Crippen molar-refractivity contribution < 1.29 is 9.47 Å². The van der Waals surface area contributed by atoms with E-state index in [9.17, 15) is 0 Å². The minimum absolute atomic E-state index is 0.366. The first-order valence-electron chi connectivity index (χ1n) is 7.46. The number of hydrogen-bond acceptors (Lipinski definition) is 3. The molecule has 1 fully saturated rings. The number of fused-ring (bicyclic) bond motifs is 1. The molecule has 0 bridgehead atoms. The van der Waals surface area contributed by atoms with Crippen LogP contribution in [-0.4, -0.2) is 13.3 Å². The van der Waals surface area contributed by atoms with Crippen molar-refractivity contribution in [2.75, 3.05) is 13.3 Å². The Morgan fingerprint density at radius 2 is 1.84 bits per heavy atom. The highest BCUT2D eigenvalue weighted by molar-refractivity contribution is 5.45. The van der Waals surface area contributed by atoms with Gasteiger partial charge in [0.1, 0.15) is 0 Å². The lowest BCUT2D eigenvalue weighted by Gasteiger charge is -2.28. The summed E-state index contributed by atoms with van der Waals surface area (Å²) in [6.45, 7) is 1.20. The maximum Gasteiger partial charge on any atom is 0.231 e. The molecule has 0 atom stereocenters. The maximum absolute atomic E-state index is 5.59. The van der Waals surface area contributed by atoms with Gasteiger partial charge in [-0.15, -0.1) is 0 Å². The molecule has 1 aromatic rings. The van der Waals surface area contributed by atoms with Crippen molar-refractivity contribution in [1.82, 2.24) is 0 Å². The molecule has 3 nitrogen and oxygen atoms in total. The van der Waals surface area contributed by atoms with Crippen molar-refractivity contribution in [3.8, 4) is 11.5 Å². The fraction of sp³-hybridized carbons (Fsp3) is 0.625. The number of ether oxygens (including phenoxy) is 2. The summed E-state index contributed by atoms with van der Waals surface area (Å²) in [6, 6.07) is 6.43. The minimum atomic E-state index is 0.366. The van der Waals surface area contributed by atoms with Gasteiger partial charge < -0.3 is 15.2 Å². The van der Waals surface area contributed by atoms with E-state index in [1.54, 1.807) is 0 Å². The number of nitrogens with two attached hydrogens (primary N) is 1. The molecule has 0 unspecified atom stereocenters. The van der Waals surface area contributed by atoms with Crippen molar-refractivity contribution in [1.29, 1.82) is 0 Å². The number of benzene rings is 1. The molecule has 1 aliphatic carbocycles. The Morgan fingerprint density at radius 1 is 1.05 bits per heavy atom. The van der Waals surface area contributed by atoms with Gasteiger partial charge in [-0.05, 0) is 74.6 Å². The number of rotatable bonds is 4. The van der Waals surface area contributed by atoms with Crippen LogP contribution in [0.3, 0.4) is 0 Å². The zero-order valence-electron chi connectivity index (χ0n) is 11.4. The molecule has 1 heterocycles. The summed E-state index contributed by atoms with van der Waals surface area (Å²) in [4.78, 5) is 0. The van der Waals surface area contributed by atoms with Gasteiger partial charge in [0.15, 0.2) is 11.5 Å². The highest BCUT2D eigenvalue weighted by Gasteiger charge is 2.23. The largest absolute Gasteiger partial charge is 0.454 e. The SMILES string of the molecule is NCCCC1CCC(c2ccc3c(c2)OCO3)CC1. The summed E-state index contributed by atoms with van der Waals surface area (Å²) >= 11 is 0. The third-order valence-electron chi connectivity index (χ3n) is 4.53. The molecule has 3 heteroatoms. The Balaban J connectivity index is 1.59. The molecule has 0 radical (unpaired) electrons. The molecule has 0 aromatic heterocycles. The lowest BCUT2D eigenvalue weighted by Crippen LogP contribution is -2.14. The molecular weight excluding hydrogens is 238 g/mol. The highest BCUT2D eigenvalue weighted by Crippen LogP contribution is 2.41. The van der Waals surface area contributed by atoms with Crippen LogP contribution < -0.4 is 15.2 Å². The Bertz CT molecular complexity index is 425. The van der Waals surface area contributed by atoms with Crippen molar-refractivity contribution in [3.05, 3.63) is 23.8 Å². The second kappa shape index (κ2) is 5.83. The average molecular weight is 261 g/mol. The van der Waals surface area contributed by atoms with Crippen molar-refractivity contribution in [2.24, 2.45) is 11.7 Å². The Morgan fingerprint density at radius 3 is 2.63 bits per heavy atom. The van der Waals surface area contributed by atoms with E-state index in [0.717, 1.165) is 24.0 Å². The molecule has 1 aromatic carbocycles. The molecule has 0 spiro atoms. The average Bonchev–Trinajstić information content (AvgIpc) is 2.93. The molecule has 1 saturated carbocycles. The van der Waals surface area contributed by atoms with Gasteiger partial charge in [0, 0.05) is 0 Å². The van der Waals surface area contributed by atoms with Gasteiger partial charge in [-0.2, -0.15) is 0 Å². The first kappa shape index (κ1) is 12.8. The maximum atomic E-state index is 5.59. The van der Waals surface area contributed by atoms with Gasteiger partial charge in [0.2, 0.25) is 6.79 Å². The second-order valence-electron chi connectivity index (χ2n) is 5.76. The molecule has 2 N–H and O–H groups in total. The molecule has 0 amide bonds. The van der Waals surface area contributed by atoms with Crippen molar-refractivity contribution in [2.45, 2.75) is 44.4 Å². The topological polar surface area (TPSA) is 44.5 Å². The van der Waals surface area contributed by atoms with E-state index >= 15 is 0 Å². The monoisotopic (exact) mass is 261 g/mol. The zero-order chi connectivity index (χ0) is 13.1. The van der Waals surface area contributed by atoms with Crippen LogP contribution >= 0.6 is 0 Å². The molecule has 3 rings (SSSR count). The van der Waals surface area contributed by atoms with Crippen LogP contribution in [0.15, 0.2) is 18.2 Å². The fourth-order valence-corrected chi connectivity index (χ4v) is 3.36. The molecule has 1 aliphatic heterocycles. The van der Waals surface area contributed by atoms with Crippen LogP contribution in [0.4, 0.5) is 0 Å². The van der Waals surface area contributed by atoms with Gasteiger partial charge in [-0.1, -0.05) is 6.07 Å². The van der Waals surface area contributed by atoms with Gasteiger partial charge in [-0.25, -0.2) is 0 Å². The van der Waals surface area contributed by atoms with Gasteiger partial charge in [-0.3, -0.25) is 0 Å². The van der Waals surface area contributed by atoms with Crippen molar-refractivity contribution >= 4 is 0 Å². The summed E-state index contributed by atoms with van der Waals surface area (Å²) < 4.78 is 10.8. The van der Waals surface area contributed by atoms with E-state index in [1.165, 1.54) is 44.1 Å². The van der Waals surface area contributed by atoms with Gasteiger partial charge in [0.25, 0.3) is 0 Å². The summed E-state index contributed by atoms with van der Waals surface area (Å²) in [5.74, 6) is 3.40. The van der Waals surface area contributed by atoms with Crippen LogP contribution in [0.1, 0.15) is 50.0 Å². The van der Waals surface area contributed by atoms with E-state index in [4.69, 9.17) is 15.2 Å². The van der Waals surface area contributed by atoms with Crippen LogP contribution in [-0.2, 0) is 0 Å². The van der Waals surface area contributed by atoms with Crippen LogP contribution in [0.25, 0.3) is 0 Å². The van der Waals surface area contributed by atoms with E-state index in [-0.39, 0.29) is 0 Å².